The molecule has 5 fully saturated rings. The van der Waals surface area contributed by atoms with Gasteiger partial charge in [-0.25, -0.2) is 8.37 Å². The van der Waals surface area contributed by atoms with Gasteiger partial charge < -0.3 is 29.5 Å². The molecule has 5 aliphatic rings. The van der Waals surface area contributed by atoms with Crippen molar-refractivity contribution in [1.82, 2.24) is 0 Å². The zero-order valence-electron chi connectivity index (χ0n) is 27.0. The maximum Gasteiger partial charge on any atom is 0.397 e. The third-order valence-corrected chi connectivity index (χ3v) is 12.4. The minimum absolute atomic E-state index is 0.0156. The largest absolute Gasteiger partial charge is 0.481 e. The number of carboxylic acid groups (broad SMARTS) is 1. The summed E-state index contributed by atoms with van der Waals surface area (Å²) < 4.78 is 93.5. The molecular formula is C30H46O16S2. The summed E-state index contributed by atoms with van der Waals surface area (Å²) in [5.74, 6) is -3.25. The van der Waals surface area contributed by atoms with Gasteiger partial charge in [0, 0.05) is 11.8 Å². The summed E-state index contributed by atoms with van der Waals surface area (Å²) in [4.78, 5) is 25.7. The van der Waals surface area contributed by atoms with Crippen LogP contribution in [0.4, 0.5) is 0 Å². The highest BCUT2D eigenvalue weighted by atomic mass is 32.3. The lowest BCUT2D eigenvalue weighted by molar-refractivity contribution is -0.316. The second-order valence-electron chi connectivity index (χ2n) is 14.8. The van der Waals surface area contributed by atoms with Crippen molar-refractivity contribution in [1.29, 1.82) is 0 Å². The average molecular weight is 727 g/mol. The van der Waals surface area contributed by atoms with Gasteiger partial charge in [0.05, 0.1) is 24.7 Å². The number of rotatable bonds is 11. The number of hydrogen-bond acceptors (Lipinski definition) is 13. The normalized spacial score (nSPS) is 43.0. The predicted molar refractivity (Wildman–Crippen MR) is 162 cm³/mol. The maximum atomic E-state index is 12.9. The van der Waals surface area contributed by atoms with Gasteiger partial charge in [-0.1, -0.05) is 27.4 Å². The van der Waals surface area contributed by atoms with E-state index in [2.05, 4.69) is 10.8 Å². The Hall–Kier alpha value is -1.74. The molecule has 274 valence electrons. The Labute approximate surface area is 280 Å². The highest BCUT2D eigenvalue weighted by Crippen LogP contribution is 2.70. The fourth-order valence-corrected chi connectivity index (χ4v) is 10.8. The highest BCUT2D eigenvalue weighted by molar-refractivity contribution is 7.81. The van der Waals surface area contributed by atoms with E-state index in [1.165, 1.54) is 0 Å². The van der Waals surface area contributed by atoms with E-state index in [0.717, 1.165) is 24.8 Å². The van der Waals surface area contributed by atoms with Crippen molar-refractivity contribution in [2.24, 2.45) is 40.4 Å². The van der Waals surface area contributed by atoms with Crippen molar-refractivity contribution in [3.63, 3.8) is 0 Å². The summed E-state index contributed by atoms with van der Waals surface area (Å²) in [6.45, 7) is 8.52. The van der Waals surface area contributed by atoms with E-state index in [9.17, 15) is 50.8 Å². The number of esters is 1. The first-order valence-electron chi connectivity index (χ1n) is 16.2. The molecular weight excluding hydrogens is 680 g/mol. The number of ether oxygens (including phenoxy) is 3. The molecule has 0 aromatic rings. The third kappa shape index (κ3) is 7.20. The van der Waals surface area contributed by atoms with Crippen LogP contribution in [0.2, 0.25) is 0 Å². The molecule has 18 heteroatoms. The summed E-state index contributed by atoms with van der Waals surface area (Å²) >= 11 is 0. The lowest BCUT2D eigenvalue weighted by Gasteiger charge is -2.62. The smallest absolute Gasteiger partial charge is 0.397 e. The molecule has 0 amide bonds. The monoisotopic (exact) mass is 726 g/mol. The first-order chi connectivity index (χ1) is 22.2. The molecule has 1 heterocycles. The molecule has 0 aromatic carbocycles. The van der Waals surface area contributed by atoms with Gasteiger partial charge in [-0.2, -0.15) is 16.8 Å². The summed E-state index contributed by atoms with van der Waals surface area (Å²) in [6.07, 6.45) is -7.93. The molecule has 16 nitrogen and oxygen atoms in total. The lowest BCUT2D eigenvalue weighted by atomic mass is 9.43. The topological polar surface area (TPSA) is 250 Å². The van der Waals surface area contributed by atoms with E-state index in [-0.39, 0.29) is 42.9 Å². The number of aliphatic hydroxyl groups excluding tert-OH is 2. The average Bonchev–Trinajstić information content (AvgIpc) is 3.12. The second kappa shape index (κ2) is 13.4. The van der Waals surface area contributed by atoms with E-state index in [0.29, 0.717) is 12.8 Å². The first-order valence-corrected chi connectivity index (χ1v) is 18.9. The van der Waals surface area contributed by atoms with Crippen molar-refractivity contribution >= 4 is 32.7 Å². The van der Waals surface area contributed by atoms with E-state index < -0.39 is 99.0 Å². The van der Waals surface area contributed by atoms with Crippen LogP contribution in [0.5, 0.6) is 0 Å². The standard InChI is InChI=1S/C30H46O16S2/c1-14(2)9-22(32)44-25-24(46-48(39,40)41)23(45-47(36,37)38)20(13-31)43-28(25)42-17-10-18(27(34)35)19-7-8-30-11-16(15(3)26(30)33)5-6-21(30)29(19,4)12-17/h14,16-21,23-26,28,31,33H,3,5-13H2,1-2,4H3,(H,34,35)(H,36,37,38)(H,39,40,41)/t16-,17-,18+,19-,20+,21+,23+,24-,25+,26+,28+,29-,30-/m1/s1. The number of aliphatic hydroxyl groups is 2. The number of carboxylic acids is 1. The summed E-state index contributed by atoms with van der Waals surface area (Å²) in [5, 5.41) is 32.0. The van der Waals surface area contributed by atoms with Gasteiger partial charge in [0.25, 0.3) is 0 Å². The maximum absolute atomic E-state index is 12.9. The van der Waals surface area contributed by atoms with Crippen LogP contribution >= 0.6 is 0 Å². The van der Waals surface area contributed by atoms with Crippen LogP contribution in [0.25, 0.3) is 0 Å². The van der Waals surface area contributed by atoms with Gasteiger partial charge in [0.15, 0.2) is 18.5 Å². The Morgan fingerprint density at radius 2 is 1.67 bits per heavy atom. The summed E-state index contributed by atoms with van der Waals surface area (Å²) in [7, 11) is -10.8. The Balaban J connectivity index is 1.51. The van der Waals surface area contributed by atoms with E-state index >= 15 is 0 Å². The molecule has 13 atom stereocenters. The number of fused-ring (bicyclic) bond motifs is 3. The van der Waals surface area contributed by atoms with E-state index in [1.54, 1.807) is 13.8 Å². The molecule has 5 rings (SSSR count). The highest BCUT2D eigenvalue weighted by Gasteiger charge is 2.67. The van der Waals surface area contributed by atoms with Gasteiger partial charge in [-0.15, -0.1) is 0 Å². The zero-order chi connectivity index (χ0) is 35.6. The third-order valence-electron chi connectivity index (χ3n) is 11.5. The zero-order valence-corrected chi connectivity index (χ0v) is 28.7. The predicted octanol–water partition coefficient (Wildman–Crippen LogP) is 1.67. The Bertz CT molecular complexity index is 1480. The van der Waals surface area contributed by atoms with Gasteiger partial charge >= 0.3 is 32.7 Å². The van der Waals surface area contributed by atoms with Crippen molar-refractivity contribution in [2.45, 2.75) is 115 Å². The Morgan fingerprint density at radius 1 is 1.02 bits per heavy atom. The van der Waals surface area contributed by atoms with Crippen molar-refractivity contribution in [3.05, 3.63) is 12.2 Å². The molecule has 4 saturated carbocycles. The van der Waals surface area contributed by atoms with Crippen LogP contribution in [0.3, 0.4) is 0 Å². The molecule has 1 aliphatic heterocycles. The van der Waals surface area contributed by atoms with Gasteiger partial charge in [-0.3, -0.25) is 18.7 Å². The number of aliphatic carboxylic acids is 1. The minimum Gasteiger partial charge on any atom is -0.481 e. The minimum atomic E-state index is -5.42. The SMILES string of the molecule is C=C1[C@@H]2CC[C@H]3[C@]4(C)C[C@H](O[C@H]5O[C@@H](CO)[C@H](OS(=O)(=O)O)[C@@H](OS(=O)(=O)O)[C@@H]5OC(=O)CC(C)C)C[C@H](C(=O)O)[C@H]4CC[C@]3(C2)[C@H]1O. The van der Waals surface area contributed by atoms with Crippen LogP contribution in [0, 0.1) is 40.4 Å². The quantitative estimate of drug-likeness (QED) is 0.0879. The lowest BCUT2D eigenvalue weighted by Crippen LogP contribution is -2.64. The first kappa shape index (κ1) is 37.5. The van der Waals surface area contributed by atoms with Crippen LogP contribution in [0.15, 0.2) is 12.2 Å². The van der Waals surface area contributed by atoms with Crippen molar-refractivity contribution in [3.8, 4) is 0 Å². The number of carbonyl (C=O) groups is 2. The molecule has 1 spiro atoms. The molecule has 2 bridgehead atoms. The Kier molecular flexibility index (Phi) is 10.5. The Morgan fingerprint density at radius 3 is 2.25 bits per heavy atom. The van der Waals surface area contributed by atoms with E-state index in [1.807, 2.05) is 6.92 Å². The number of carbonyl (C=O) groups excluding carboxylic acids is 1. The summed E-state index contributed by atoms with van der Waals surface area (Å²) in [6, 6.07) is 0. The van der Waals surface area contributed by atoms with Crippen LogP contribution in [-0.2, 0) is 53.0 Å². The molecule has 0 radical (unpaired) electrons. The molecule has 0 aromatic heterocycles. The second-order valence-corrected chi connectivity index (χ2v) is 16.9. The van der Waals surface area contributed by atoms with Crippen LogP contribution in [-0.4, -0.2) is 103 Å². The fraction of sp³-hybridized carbons (Fsp3) is 0.867. The summed E-state index contributed by atoms with van der Waals surface area (Å²) in [5.41, 5.74) is -0.319. The van der Waals surface area contributed by atoms with Crippen molar-refractivity contribution in [2.75, 3.05) is 6.61 Å². The van der Waals surface area contributed by atoms with Crippen LogP contribution in [0.1, 0.15) is 72.1 Å². The van der Waals surface area contributed by atoms with Gasteiger partial charge in [0.2, 0.25) is 0 Å². The number of hydrogen-bond donors (Lipinski definition) is 5. The van der Waals surface area contributed by atoms with E-state index in [4.69, 9.17) is 18.4 Å². The fourth-order valence-electron chi connectivity index (χ4n) is 9.82. The molecule has 1 saturated heterocycles. The molecule has 5 N–H and O–H groups in total. The molecule has 0 unspecified atom stereocenters. The molecule has 48 heavy (non-hydrogen) atoms. The van der Waals surface area contributed by atoms with Crippen LogP contribution < -0.4 is 0 Å². The molecule has 4 aliphatic carbocycles. The van der Waals surface area contributed by atoms with Gasteiger partial charge in [0.1, 0.15) is 12.2 Å². The van der Waals surface area contributed by atoms with Gasteiger partial charge in [-0.05, 0) is 79.6 Å². The van der Waals surface area contributed by atoms with Crippen molar-refractivity contribution < 1.29 is 73.4 Å².